The zero-order valence-corrected chi connectivity index (χ0v) is 15.7. The monoisotopic (exact) mass is 378 g/mol. The molecule has 0 aliphatic rings. The molecule has 0 aromatic heterocycles. The van der Waals surface area contributed by atoms with Gasteiger partial charge >= 0.3 is 0 Å². The Labute approximate surface area is 164 Å². The fraction of sp³-hybridized carbons (Fsp3) is 0.182. The second kappa shape index (κ2) is 10.4. The quantitative estimate of drug-likeness (QED) is 0.520. The van der Waals surface area contributed by atoms with Gasteiger partial charge in [-0.1, -0.05) is 30.2 Å². The first-order chi connectivity index (χ1) is 13.6. The van der Waals surface area contributed by atoms with Gasteiger partial charge in [0.05, 0.1) is 24.9 Å². The minimum atomic E-state index is -0.408. The van der Waals surface area contributed by atoms with E-state index >= 15 is 0 Å². The molecule has 0 spiro atoms. The molecule has 2 rings (SSSR count). The number of rotatable bonds is 9. The zero-order chi connectivity index (χ0) is 20.4. The summed E-state index contributed by atoms with van der Waals surface area (Å²) in [6.07, 6.45) is 7.65. The number of carbonyl (C=O) groups excluding carboxylic acids is 2. The van der Waals surface area contributed by atoms with Crippen LogP contribution in [0.25, 0.3) is 0 Å². The maximum absolute atomic E-state index is 12.3. The van der Waals surface area contributed by atoms with Crippen LogP contribution in [0.1, 0.15) is 15.9 Å². The summed E-state index contributed by atoms with van der Waals surface area (Å²) in [5, 5.41) is 5.25. The SMILES string of the molecule is C#CCNC(=O)c1ccccc1NC(=O)COc1ccc(CC=C)cc1OC. The number of nitrogens with one attached hydrogen (secondary N) is 2. The normalized spacial score (nSPS) is 9.71. The van der Waals surface area contributed by atoms with E-state index in [2.05, 4.69) is 23.1 Å². The molecule has 144 valence electrons. The van der Waals surface area contributed by atoms with Crippen molar-refractivity contribution in [1.29, 1.82) is 0 Å². The highest BCUT2D eigenvalue weighted by atomic mass is 16.5. The van der Waals surface area contributed by atoms with Crippen molar-refractivity contribution in [3.63, 3.8) is 0 Å². The van der Waals surface area contributed by atoms with Gasteiger partial charge in [-0.05, 0) is 36.2 Å². The van der Waals surface area contributed by atoms with Gasteiger partial charge in [0.15, 0.2) is 18.1 Å². The van der Waals surface area contributed by atoms with E-state index in [-0.39, 0.29) is 19.1 Å². The minimum absolute atomic E-state index is 0.103. The van der Waals surface area contributed by atoms with E-state index in [1.165, 1.54) is 7.11 Å². The topological polar surface area (TPSA) is 76.7 Å². The number of para-hydroxylation sites is 1. The molecule has 6 heteroatoms. The van der Waals surface area contributed by atoms with Crippen LogP contribution in [0.15, 0.2) is 55.1 Å². The Hall–Kier alpha value is -3.72. The number of anilines is 1. The summed E-state index contributed by atoms with van der Waals surface area (Å²) in [5.74, 6) is 2.54. The minimum Gasteiger partial charge on any atom is -0.493 e. The van der Waals surface area contributed by atoms with Crippen LogP contribution in [0.2, 0.25) is 0 Å². The second-order valence-corrected chi connectivity index (χ2v) is 5.75. The van der Waals surface area contributed by atoms with Gasteiger partial charge in [0.1, 0.15) is 0 Å². The number of ether oxygens (including phenoxy) is 2. The standard InChI is InChI=1S/C22H22N2O4/c1-4-8-16-11-12-19(20(14-16)27-3)28-15-21(25)24-18-10-7-6-9-17(18)22(26)23-13-5-2/h2,4,6-7,9-12,14H,1,8,13,15H2,3H3,(H,23,26)(H,24,25). The van der Waals surface area contributed by atoms with E-state index in [4.69, 9.17) is 15.9 Å². The van der Waals surface area contributed by atoms with Gasteiger partial charge in [0.25, 0.3) is 11.8 Å². The summed E-state index contributed by atoms with van der Waals surface area (Å²) in [5.41, 5.74) is 1.71. The lowest BCUT2D eigenvalue weighted by atomic mass is 10.1. The summed E-state index contributed by atoms with van der Waals surface area (Å²) in [6, 6.07) is 12.1. The summed E-state index contributed by atoms with van der Waals surface area (Å²) < 4.78 is 10.9. The molecule has 0 atom stereocenters. The third-order valence-corrected chi connectivity index (χ3v) is 3.76. The molecule has 2 amide bonds. The highest BCUT2D eigenvalue weighted by molar-refractivity contribution is 6.04. The van der Waals surface area contributed by atoms with E-state index in [1.54, 1.807) is 36.4 Å². The first-order valence-electron chi connectivity index (χ1n) is 8.60. The Bertz CT molecular complexity index is 900. The number of benzene rings is 2. The lowest BCUT2D eigenvalue weighted by Crippen LogP contribution is -2.26. The fourth-order valence-electron chi connectivity index (χ4n) is 2.47. The maximum Gasteiger partial charge on any atom is 0.262 e. The van der Waals surface area contributed by atoms with Crippen molar-refractivity contribution in [2.45, 2.75) is 6.42 Å². The van der Waals surface area contributed by atoms with Crippen molar-refractivity contribution in [2.75, 3.05) is 25.6 Å². The fourth-order valence-corrected chi connectivity index (χ4v) is 2.47. The summed E-state index contributed by atoms with van der Waals surface area (Å²) in [4.78, 5) is 24.4. The molecule has 2 aromatic carbocycles. The smallest absolute Gasteiger partial charge is 0.262 e. The molecular weight excluding hydrogens is 356 g/mol. The van der Waals surface area contributed by atoms with Crippen LogP contribution in [0.3, 0.4) is 0 Å². The number of carbonyl (C=O) groups is 2. The van der Waals surface area contributed by atoms with E-state index in [0.29, 0.717) is 29.2 Å². The van der Waals surface area contributed by atoms with E-state index in [9.17, 15) is 9.59 Å². The lowest BCUT2D eigenvalue weighted by Gasteiger charge is -2.13. The van der Waals surface area contributed by atoms with Gasteiger partial charge in [-0.2, -0.15) is 0 Å². The number of hydrogen-bond acceptors (Lipinski definition) is 4. The van der Waals surface area contributed by atoms with Crippen LogP contribution in [-0.4, -0.2) is 32.1 Å². The predicted molar refractivity (Wildman–Crippen MR) is 109 cm³/mol. The van der Waals surface area contributed by atoms with Crippen molar-refractivity contribution in [3.8, 4) is 23.8 Å². The van der Waals surface area contributed by atoms with Gasteiger partial charge in [-0.15, -0.1) is 13.0 Å². The Kier molecular flexibility index (Phi) is 7.67. The highest BCUT2D eigenvalue weighted by Gasteiger charge is 2.14. The predicted octanol–water partition coefficient (Wildman–Crippen LogP) is 2.80. The molecule has 0 heterocycles. The number of allylic oxidation sites excluding steroid dienone is 1. The summed E-state index contributed by atoms with van der Waals surface area (Å²) >= 11 is 0. The van der Waals surface area contributed by atoms with Gasteiger partial charge in [0, 0.05) is 0 Å². The molecule has 0 radical (unpaired) electrons. The summed E-state index contributed by atoms with van der Waals surface area (Å²) in [6.45, 7) is 3.57. The average molecular weight is 378 g/mol. The highest BCUT2D eigenvalue weighted by Crippen LogP contribution is 2.28. The van der Waals surface area contributed by atoms with Crippen molar-refractivity contribution >= 4 is 17.5 Å². The van der Waals surface area contributed by atoms with Gasteiger partial charge < -0.3 is 20.1 Å². The number of amides is 2. The molecule has 0 fully saturated rings. The molecule has 0 aliphatic carbocycles. The van der Waals surface area contributed by atoms with Crippen LogP contribution in [0.5, 0.6) is 11.5 Å². The van der Waals surface area contributed by atoms with Gasteiger partial charge in [-0.25, -0.2) is 0 Å². The molecule has 28 heavy (non-hydrogen) atoms. The summed E-state index contributed by atoms with van der Waals surface area (Å²) in [7, 11) is 1.53. The number of hydrogen-bond donors (Lipinski definition) is 2. The maximum atomic E-state index is 12.3. The molecule has 0 unspecified atom stereocenters. The van der Waals surface area contributed by atoms with E-state index < -0.39 is 5.91 Å². The van der Waals surface area contributed by atoms with Crippen LogP contribution in [-0.2, 0) is 11.2 Å². The third-order valence-electron chi connectivity index (χ3n) is 3.76. The molecular formula is C22H22N2O4. The van der Waals surface area contributed by atoms with E-state index in [1.807, 2.05) is 12.1 Å². The molecule has 2 aromatic rings. The molecule has 6 nitrogen and oxygen atoms in total. The zero-order valence-electron chi connectivity index (χ0n) is 15.7. The van der Waals surface area contributed by atoms with Crippen molar-refractivity contribution in [2.24, 2.45) is 0 Å². The van der Waals surface area contributed by atoms with E-state index in [0.717, 1.165) is 5.56 Å². The van der Waals surface area contributed by atoms with Gasteiger partial charge in [0.2, 0.25) is 0 Å². The average Bonchev–Trinajstić information content (AvgIpc) is 2.71. The Morgan fingerprint density at radius 2 is 2.00 bits per heavy atom. The van der Waals surface area contributed by atoms with Crippen LogP contribution in [0.4, 0.5) is 5.69 Å². The van der Waals surface area contributed by atoms with Crippen molar-refractivity contribution in [1.82, 2.24) is 5.32 Å². The van der Waals surface area contributed by atoms with Crippen LogP contribution >= 0.6 is 0 Å². The number of terminal acetylenes is 1. The Morgan fingerprint density at radius 1 is 1.21 bits per heavy atom. The molecule has 0 saturated carbocycles. The molecule has 0 bridgehead atoms. The van der Waals surface area contributed by atoms with Crippen LogP contribution in [0, 0.1) is 12.3 Å². The Balaban J connectivity index is 2.03. The second-order valence-electron chi connectivity index (χ2n) is 5.75. The molecule has 0 aliphatic heterocycles. The van der Waals surface area contributed by atoms with Crippen LogP contribution < -0.4 is 20.1 Å². The van der Waals surface area contributed by atoms with Gasteiger partial charge in [-0.3, -0.25) is 9.59 Å². The third kappa shape index (κ3) is 5.64. The molecule has 0 saturated heterocycles. The Morgan fingerprint density at radius 3 is 2.71 bits per heavy atom. The first kappa shape index (κ1) is 20.6. The van der Waals surface area contributed by atoms with Crippen molar-refractivity contribution < 1.29 is 19.1 Å². The van der Waals surface area contributed by atoms with Crippen molar-refractivity contribution in [3.05, 3.63) is 66.2 Å². The molecule has 2 N–H and O–H groups in total. The first-order valence-corrected chi connectivity index (χ1v) is 8.60. The lowest BCUT2D eigenvalue weighted by molar-refractivity contribution is -0.118. The largest absolute Gasteiger partial charge is 0.493 e. The number of methoxy groups -OCH3 is 1.